The van der Waals surface area contributed by atoms with E-state index in [1.54, 1.807) is 4.90 Å². The number of aliphatic hydroxyl groups is 1. The van der Waals surface area contributed by atoms with Crippen molar-refractivity contribution in [2.24, 2.45) is 0 Å². The molecule has 1 saturated heterocycles. The Morgan fingerprint density at radius 3 is 2.50 bits per heavy atom. The van der Waals surface area contributed by atoms with Crippen molar-refractivity contribution in [3.63, 3.8) is 0 Å². The molecule has 0 aromatic carbocycles. The van der Waals surface area contributed by atoms with Gasteiger partial charge in [-0.15, -0.1) is 0 Å². The average molecular weight is 304 g/mol. The third-order valence-corrected chi connectivity index (χ3v) is 5.83. The molecule has 2 rings (SSSR count). The van der Waals surface area contributed by atoms with Gasteiger partial charge in [-0.25, -0.2) is 4.79 Å². The number of ether oxygens (including phenoxy) is 2. The first-order valence-electron chi connectivity index (χ1n) is 6.87. The highest BCUT2D eigenvalue weighted by Gasteiger charge is 2.45. The number of carbonyl (C=O) groups is 1. The van der Waals surface area contributed by atoms with Gasteiger partial charge < -0.3 is 24.8 Å². The lowest BCUT2D eigenvalue weighted by atomic mass is 10.0. The molecule has 2 aliphatic rings. The van der Waals surface area contributed by atoms with Crippen LogP contribution in [0.4, 0.5) is 4.79 Å². The van der Waals surface area contributed by atoms with Gasteiger partial charge in [-0.05, 0) is 19.1 Å². The van der Waals surface area contributed by atoms with E-state index in [0.29, 0.717) is 19.5 Å². The van der Waals surface area contributed by atoms with E-state index in [1.165, 1.54) is 14.2 Å². The maximum Gasteiger partial charge on any atom is 0.317 e. The van der Waals surface area contributed by atoms with Crippen molar-refractivity contribution in [3.8, 4) is 0 Å². The highest BCUT2D eigenvalue weighted by atomic mass is 32.2. The van der Waals surface area contributed by atoms with Crippen LogP contribution in [-0.4, -0.2) is 72.8 Å². The van der Waals surface area contributed by atoms with E-state index >= 15 is 0 Å². The van der Waals surface area contributed by atoms with Crippen LogP contribution in [0.15, 0.2) is 0 Å². The number of nitrogens with one attached hydrogen (secondary N) is 1. The molecule has 0 aromatic rings. The van der Waals surface area contributed by atoms with Gasteiger partial charge in [0.15, 0.2) is 5.79 Å². The summed E-state index contributed by atoms with van der Waals surface area (Å²) in [5.41, 5.74) is 0. The van der Waals surface area contributed by atoms with E-state index < -0.39 is 11.9 Å². The molecule has 1 aliphatic heterocycles. The molecule has 6 nitrogen and oxygen atoms in total. The number of nitrogens with zero attached hydrogens (tertiary/aromatic N) is 1. The van der Waals surface area contributed by atoms with E-state index in [4.69, 9.17) is 9.47 Å². The molecule has 1 aliphatic carbocycles. The number of thioether (sulfide) groups is 1. The molecular weight excluding hydrogens is 280 g/mol. The van der Waals surface area contributed by atoms with Crippen LogP contribution in [-0.2, 0) is 9.47 Å². The Hall–Kier alpha value is -0.500. The van der Waals surface area contributed by atoms with Gasteiger partial charge in [0.25, 0.3) is 0 Å². The van der Waals surface area contributed by atoms with Crippen molar-refractivity contribution < 1.29 is 19.4 Å². The quantitative estimate of drug-likeness (QED) is 0.730. The maximum absolute atomic E-state index is 12.1. The lowest BCUT2D eigenvalue weighted by Crippen LogP contribution is -2.60. The van der Waals surface area contributed by atoms with Crippen molar-refractivity contribution in [1.29, 1.82) is 0 Å². The molecule has 0 bridgehead atoms. The van der Waals surface area contributed by atoms with Crippen LogP contribution >= 0.6 is 11.8 Å². The van der Waals surface area contributed by atoms with Crippen molar-refractivity contribution in [3.05, 3.63) is 0 Å². The molecule has 7 heteroatoms. The van der Waals surface area contributed by atoms with Gasteiger partial charge in [-0.3, -0.25) is 0 Å². The van der Waals surface area contributed by atoms with Gasteiger partial charge in [-0.1, -0.05) is 0 Å². The van der Waals surface area contributed by atoms with E-state index in [2.05, 4.69) is 11.6 Å². The Kier molecular flexibility index (Phi) is 4.84. The SMILES string of the molecule is COC1(OC)CCN(C(=O)NCC2(SC)CC2)CC1O. The monoisotopic (exact) mass is 304 g/mol. The Bertz CT molecular complexity index is 358. The normalized spacial score (nSPS) is 27.2. The van der Waals surface area contributed by atoms with Gasteiger partial charge in [-0.2, -0.15) is 11.8 Å². The fourth-order valence-corrected chi connectivity index (χ4v) is 3.31. The zero-order valence-electron chi connectivity index (χ0n) is 12.3. The topological polar surface area (TPSA) is 71.0 Å². The van der Waals surface area contributed by atoms with Crippen LogP contribution in [0.2, 0.25) is 0 Å². The minimum Gasteiger partial charge on any atom is -0.386 e. The number of rotatable bonds is 5. The first-order chi connectivity index (χ1) is 9.51. The number of hydrogen-bond donors (Lipinski definition) is 2. The van der Waals surface area contributed by atoms with E-state index in [1.807, 2.05) is 11.8 Å². The minimum atomic E-state index is -0.992. The Morgan fingerprint density at radius 1 is 1.40 bits per heavy atom. The number of urea groups is 1. The second kappa shape index (κ2) is 6.09. The number of aliphatic hydroxyl groups excluding tert-OH is 1. The highest BCUT2D eigenvalue weighted by Crippen LogP contribution is 2.46. The van der Waals surface area contributed by atoms with Crippen LogP contribution in [0.5, 0.6) is 0 Å². The number of amides is 2. The summed E-state index contributed by atoms with van der Waals surface area (Å²) in [4.78, 5) is 13.8. The summed E-state index contributed by atoms with van der Waals surface area (Å²) in [6.07, 6.45) is 4.02. The average Bonchev–Trinajstić information content (AvgIpc) is 3.26. The Balaban J connectivity index is 1.84. The zero-order chi connectivity index (χ0) is 14.8. The molecular formula is C13H24N2O4S. The van der Waals surface area contributed by atoms with E-state index in [0.717, 1.165) is 12.8 Å². The van der Waals surface area contributed by atoms with Crippen LogP contribution in [0.1, 0.15) is 19.3 Å². The number of β-amino-alcohol motifs (C(OH)–C–C–N with tert-alkyl or cyclic N) is 1. The molecule has 0 radical (unpaired) electrons. The highest BCUT2D eigenvalue weighted by molar-refractivity contribution is 8.00. The Morgan fingerprint density at radius 2 is 2.05 bits per heavy atom. The van der Waals surface area contributed by atoms with Crippen molar-refractivity contribution in [2.45, 2.75) is 35.9 Å². The van der Waals surface area contributed by atoms with E-state index in [-0.39, 0.29) is 17.3 Å². The molecule has 0 spiro atoms. The van der Waals surface area contributed by atoms with Crippen molar-refractivity contribution >= 4 is 17.8 Å². The number of methoxy groups -OCH3 is 2. The molecule has 1 atom stereocenters. The summed E-state index contributed by atoms with van der Waals surface area (Å²) in [6, 6.07) is -0.120. The fraction of sp³-hybridized carbons (Fsp3) is 0.923. The van der Waals surface area contributed by atoms with Crippen LogP contribution < -0.4 is 5.32 Å². The number of likely N-dealkylation sites (tertiary alicyclic amines) is 1. The van der Waals surface area contributed by atoms with Gasteiger partial charge in [0.2, 0.25) is 0 Å². The molecule has 1 unspecified atom stereocenters. The van der Waals surface area contributed by atoms with Gasteiger partial charge >= 0.3 is 6.03 Å². The largest absolute Gasteiger partial charge is 0.386 e. The zero-order valence-corrected chi connectivity index (χ0v) is 13.2. The van der Waals surface area contributed by atoms with Crippen LogP contribution in [0.3, 0.4) is 0 Å². The second-order valence-electron chi connectivity index (χ2n) is 5.48. The molecule has 1 heterocycles. The Labute approximate surface area is 124 Å². The van der Waals surface area contributed by atoms with Crippen molar-refractivity contribution in [2.75, 3.05) is 40.1 Å². The smallest absolute Gasteiger partial charge is 0.317 e. The predicted octanol–water partition coefficient (Wildman–Crippen LogP) is 0.647. The molecule has 116 valence electrons. The molecule has 2 fully saturated rings. The third-order valence-electron chi connectivity index (χ3n) is 4.41. The van der Waals surface area contributed by atoms with Gasteiger partial charge in [0.05, 0.1) is 6.54 Å². The third kappa shape index (κ3) is 3.05. The molecule has 2 N–H and O–H groups in total. The number of hydrogen-bond acceptors (Lipinski definition) is 5. The van der Waals surface area contributed by atoms with Crippen LogP contribution in [0, 0.1) is 0 Å². The summed E-state index contributed by atoms with van der Waals surface area (Å²) >= 11 is 1.81. The minimum absolute atomic E-state index is 0.120. The van der Waals surface area contributed by atoms with Gasteiger partial charge in [0, 0.05) is 38.5 Å². The summed E-state index contributed by atoms with van der Waals surface area (Å²) in [5, 5.41) is 13.1. The standard InChI is InChI=1S/C13H24N2O4S/c1-18-13(19-2)6-7-15(8-10(13)16)11(17)14-9-12(20-3)4-5-12/h10,16H,4-9H2,1-3H3,(H,14,17). The summed E-state index contributed by atoms with van der Waals surface area (Å²) in [6.45, 7) is 1.43. The lowest BCUT2D eigenvalue weighted by Gasteiger charge is -2.43. The second-order valence-corrected chi connectivity index (χ2v) is 6.75. The summed E-state index contributed by atoms with van der Waals surface area (Å²) in [7, 11) is 3.02. The molecule has 0 aromatic heterocycles. The van der Waals surface area contributed by atoms with Gasteiger partial charge in [0.1, 0.15) is 6.10 Å². The first kappa shape index (κ1) is 15.9. The maximum atomic E-state index is 12.1. The lowest BCUT2D eigenvalue weighted by molar-refractivity contribution is -0.275. The van der Waals surface area contributed by atoms with Crippen molar-refractivity contribution in [1.82, 2.24) is 10.2 Å². The molecule has 1 saturated carbocycles. The van der Waals surface area contributed by atoms with E-state index in [9.17, 15) is 9.90 Å². The number of piperidine rings is 1. The summed E-state index contributed by atoms with van der Waals surface area (Å²) < 4.78 is 10.8. The first-order valence-corrected chi connectivity index (χ1v) is 8.09. The molecule has 2 amide bonds. The number of carbonyl (C=O) groups excluding carboxylic acids is 1. The summed E-state index contributed by atoms with van der Waals surface area (Å²) in [5.74, 6) is -0.992. The predicted molar refractivity (Wildman–Crippen MR) is 77.8 cm³/mol. The fourth-order valence-electron chi connectivity index (χ4n) is 2.58. The van der Waals surface area contributed by atoms with Crippen LogP contribution in [0.25, 0.3) is 0 Å². The molecule has 20 heavy (non-hydrogen) atoms.